The van der Waals surface area contributed by atoms with Crippen molar-refractivity contribution in [2.45, 2.75) is 45.1 Å². The van der Waals surface area contributed by atoms with Crippen LogP contribution in [0.15, 0.2) is 18.2 Å². The third kappa shape index (κ3) is 3.26. The molecule has 0 unspecified atom stereocenters. The van der Waals surface area contributed by atoms with E-state index in [2.05, 4.69) is 12.2 Å². The first kappa shape index (κ1) is 15.2. The van der Waals surface area contributed by atoms with Crippen LogP contribution in [0.2, 0.25) is 5.02 Å². The lowest BCUT2D eigenvalue weighted by atomic mass is 9.93. The van der Waals surface area contributed by atoms with E-state index in [1.165, 1.54) is 19.3 Å². The summed E-state index contributed by atoms with van der Waals surface area (Å²) in [5, 5.41) is 3.68. The van der Waals surface area contributed by atoms with Gasteiger partial charge >= 0.3 is 0 Å². The largest absolute Gasteiger partial charge is 0.387 e. The van der Waals surface area contributed by atoms with Gasteiger partial charge in [0.05, 0.1) is 5.56 Å². The van der Waals surface area contributed by atoms with Crippen LogP contribution in [0.3, 0.4) is 0 Å². The van der Waals surface area contributed by atoms with Gasteiger partial charge in [-0.25, -0.2) is 0 Å². The summed E-state index contributed by atoms with van der Waals surface area (Å²) in [6.45, 7) is 2.80. The van der Waals surface area contributed by atoms with Gasteiger partial charge in [-0.3, -0.25) is 4.79 Å². The van der Waals surface area contributed by atoms with E-state index in [1.807, 2.05) is 18.0 Å². The lowest BCUT2D eigenvalue weighted by Gasteiger charge is -2.34. The van der Waals surface area contributed by atoms with Crippen LogP contribution in [-0.2, 0) is 0 Å². The van der Waals surface area contributed by atoms with Gasteiger partial charge in [0, 0.05) is 30.3 Å². The smallest absolute Gasteiger partial charge is 0.256 e. The van der Waals surface area contributed by atoms with E-state index in [0.717, 1.165) is 25.1 Å². The average molecular weight is 295 g/mol. The van der Waals surface area contributed by atoms with Crippen molar-refractivity contribution in [2.24, 2.45) is 0 Å². The fraction of sp³-hybridized carbons (Fsp3) is 0.562. The number of halogens is 1. The minimum absolute atomic E-state index is 0.0891. The molecular formula is C16H23ClN2O. The van der Waals surface area contributed by atoms with Crippen LogP contribution < -0.4 is 5.32 Å². The van der Waals surface area contributed by atoms with Crippen molar-refractivity contribution >= 4 is 23.2 Å². The fourth-order valence-electron chi connectivity index (χ4n) is 3.03. The summed E-state index contributed by atoms with van der Waals surface area (Å²) in [6.07, 6.45) is 5.98. The van der Waals surface area contributed by atoms with Gasteiger partial charge in [-0.2, -0.15) is 0 Å². The molecule has 20 heavy (non-hydrogen) atoms. The number of rotatable bonds is 4. The van der Waals surface area contributed by atoms with Gasteiger partial charge in [-0.1, -0.05) is 30.9 Å². The summed E-state index contributed by atoms with van der Waals surface area (Å²) in [5.41, 5.74) is 1.51. The monoisotopic (exact) mass is 294 g/mol. The Morgan fingerprint density at radius 2 is 2.05 bits per heavy atom. The molecule has 3 nitrogen and oxygen atoms in total. The van der Waals surface area contributed by atoms with E-state index < -0.39 is 0 Å². The summed E-state index contributed by atoms with van der Waals surface area (Å²) >= 11 is 6.05. The van der Waals surface area contributed by atoms with Crippen molar-refractivity contribution in [3.8, 4) is 0 Å². The van der Waals surface area contributed by atoms with E-state index in [0.29, 0.717) is 16.6 Å². The first-order valence-electron chi connectivity index (χ1n) is 7.45. The van der Waals surface area contributed by atoms with Gasteiger partial charge in [0.2, 0.25) is 0 Å². The minimum atomic E-state index is 0.0891. The zero-order chi connectivity index (χ0) is 14.5. The molecule has 1 amide bonds. The highest BCUT2D eigenvalue weighted by atomic mass is 35.5. The van der Waals surface area contributed by atoms with Crippen molar-refractivity contribution < 1.29 is 4.79 Å². The molecular weight excluding hydrogens is 272 g/mol. The maximum absolute atomic E-state index is 12.8. The Balaban J connectivity index is 2.25. The minimum Gasteiger partial charge on any atom is -0.387 e. The third-order valence-electron chi connectivity index (χ3n) is 4.10. The number of amides is 1. The number of carbonyl (C=O) groups is 1. The van der Waals surface area contributed by atoms with Crippen LogP contribution in [0, 0.1) is 0 Å². The molecule has 1 N–H and O–H groups in total. The first-order valence-corrected chi connectivity index (χ1v) is 7.83. The molecule has 4 heteroatoms. The van der Waals surface area contributed by atoms with E-state index in [1.54, 1.807) is 12.1 Å². The summed E-state index contributed by atoms with van der Waals surface area (Å²) in [7, 11) is 1.83. The lowest BCUT2D eigenvalue weighted by molar-refractivity contribution is 0.0649. The molecule has 1 aliphatic rings. The normalized spacial score (nSPS) is 15.9. The van der Waals surface area contributed by atoms with Gasteiger partial charge in [0.25, 0.3) is 5.91 Å². The maximum atomic E-state index is 12.8. The molecule has 2 rings (SSSR count). The van der Waals surface area contributed by atoms with E-state index in [9.17, 15) is 4.79 Å². The summed E-state index contributed by atoms with van der Waals surface area (Å²) in [6, 6.07) is 5.82. The zero-order valence-corrected chi connectivity index (χ0v) is 13.0. The molecule has 1 fully saturated rings. The molecule has 110 valence electrons. The molecule has 0 aromatic heterocycles. The van der Waals surface area contributed by atoms with E-state index >= 15 is 0 Å². The molecule has 1 saturated carbocycles. The topological polar surface area (TPSA) is 32.3 Å². The summed E-state index contributed by atoms with van der Waals surface area (Å²) < 4.78 is 0. The van der Waals surface area contributed by atoms with Crippen molar-refractivity contribution in [1.82, 2.24) is 4.90 Å². The van der Waals surface area contributed by atoms with Crippen LogP contribution in [0.1, 0.15) is 49.4 Å². The van der Waals surface area contributed by atoms with Crippen LogP contribution in [0.4, 0.5) is 5.69 Å². The van der Waals surface area contributed by atoms with Crippen molar-refractivity contribution in [3.05, 3.63) is 28.8 Å². The molecule has 0 radical (unpaired) electrons. The Labute approximate surface area is 126 Å². The quantitative estimate of drug-likeness (QED) is 0.903. The average Bonchev–Trinajstić information content (AvgIpc) is 2.49. The molecule has 0 spiro atoms. The van der Waals surface area contributed by atoms with Crippen LogP contribution in [-0.4, -0.2) is 30.4 Å². The van der Waals surface area contributed by atoms with E-state index in [-0.39, 0.29) is 5.91 Å². The SMILES string of the molecule is CCN(C(=O)c1cc(Cl)ccc1NC)C1CCCCC1. The zero-order valence-electron chi connectivity index (χ0n) is 12.3. The summed E-state index contributed by atoms with van der Waals surface area (Å²) in [5.74, 6) is 0.0891. The molecule has 1 aromatic rings. The van der Waals surface area contributed by atoms with Crippen molar-refractivity contribution in [1.29, 1.82) is 0 Å². The van der Waals surface area contributed by atoms with Crippen molar-refractivity contribution in [3.63, 3.8) is 0 Å². The molecule has 1 aliphatic carbocycles. The van der Waals surface area contributed by atoms with Gasteiger partial charge in [-0.05, 0) is 38.0 Å². The Morgan fingerprint density at radius 1 is 1.35 bits per heavy atom. The maximum Gasteiger partial charge on any atom is 0.256 e. The van der Waals surface area contributed by atoms with Gasteiger partial charge in [0.1, 0.15) is 0 Å². The number of anilines is 1. The Morgan fingerprint density at radius 3 is 2.65 bits per heavy atom. The predicted octanol–water partition coefficient (Wildman–Crippen LogP) is 4.18. The van der Waals surface area contributed by atoms with E-state index in [4.69, 9.17) is 11.6 Å². The van der Waals surface area contributed by atoms with Gasteiger partial charge in [-0.15, -0.1) is 0 Å². The number of nitrogens with zero attached hydrogens (tertiary/aromatic N) is 1. The van der Waals surface area contributed by atoms with Crippen molar-refractivity contribution in [2.75, 3.05) is 18.9 Å². The highest BCUT2D eigenvalue weighted by molar-refractivity contribution is 6.31. The Hall–Kier alpha value is -1.22. The highest BCUT2D eigenvalue weighted by Gasteiger charge is 2.26. The third-order valence-corrected chi connectivity index (χ3v) is 4.33. The standard InChI is InChI=1S/C16H23ClN2O/c1-3-19(13-7-5-4-6-8-13)16(20)14-11-12(17)9-10-15(14)18-2/h9-11,13,18H,3-8H2,1-2H3. The molecule has 0 bridgehead atoms. The molecule has 0 heterocycles. The first-order chi connectivity index (χ1) is 9.67. The van der Waals surface area contributed by atoms with Gasteiger partial charge < -0.3 is 10.2 Å². The number of benzene rings is 1. The van der Waals surface area contributed by atoms with Crippen LogP contribution >= 0.6 is 11.6 Å². The fourth-order valence-corrected chi connectivity index (χ4v) is 3.20. The summed E-state index contributed by atoms with van der Waals surface area (Å²) in [4.78, 5) is 14.8. The highest BCUT2D eigenvalue weighted by Crippen LogP contribution is 2.27. The van der Waals surface area contributed by atoms with Crippen LogP contribution in [0.5, 0.6) is 0 Å². The second-order valence-corrected chi connectivity index (χ2v) is 5.76. The molecule has 1 aromatic carbocycles. The second kappa shape index (κ2) is 6.98. The molecule has 0 aliphatic heterocycles. The predicted molar refractivity (Wildman–Crippen MR) is 84.6 cm³/mol. The lowest BCUT2D eigenvalue weighted by Crippen LogP contribution is -2.41. The number of hydrogen-bond acceptors (Lipinski definition) is 2. The number of hydrogen-bond donors (Lipinski definition) is 1. The Bertz CT molecular complexity index is 470. The Kier molecular flexibility index (Phi) is 5.30. The number of nitrogens with one attached hydrogen (secondary N) is 1. The van der Waals surface area contributed by atoms with Gasteiger partial charge in [0.15, 0.2) is 0 Å². The molecule has 0 saturated heterocycles. The van der Waals surface area contributed by atoms with Crippen LogP contribution in [0.25, 0.3) is 0 Å². The second-order valence-electron chi connectivity index (χ2n) is 5.32. The number of carbonyl (C=O) groups excluding carboxylic acids is 1. The molecule has 0 atom stereocenters.